The Morgan fingerprint density at radius 1 is 0.711 bits per heavy atom. The van der Waals surface area contributed by atoms with E-state index in [4.69, 9.17) is 23.7 Å². The first-order chi connectivity index (χ1) is 22.1. The van der Waals surface area contributed by atoms with E-state index in [1.54, 1.807) is 13.2 Å². The molecule has 1 unspecified atom stereocenters. The lowest BCUT2D eigenvalue weighted by molar-refractivity contribution is -0.385. The molecule has 0 bridgehead atoms. The van der Waals surface area contributed by atoms with Gasteiger partial charge in [0.25, 0.3) is 5.69 Å². The van der Waals surface area contributed by atoms with Gasteiger partial charge in [0.1, 0.15) is 31.7 Å². The molecule has 0 saturated heterocycles. The maximum Gasteiger partial charge on any atom is 0.270 e. The maximum absolute atomic E-state index is 11.4. The second kappa shape index (κ2) is 14.0. The van der Waals surface area contributed by atoms with Gasteiger partial charge in [0.05, 0.1) is 11.0 Å². The molecular formula is C37H33NO7. The molecule has 0 amide bonds. The number of rotatable bonds is 12. The summed E-state index contributed by atoms with van der Waals surface area (Å²) in [6.45, 7) is 0.965. The summed E-state index contributed by atoms with van der Waals surface area (Å²) in [5.41, 5.74) is 4.46. The van der Waals surface area contributed by atoms with Crippen LogP contribution in [0.2, 0.25) is 0 Å². The van der Waals surface area contributed by atoms with E-state index in [2.05, 4.69) is 0 Å². The van der Waals surface area contributed by atoms with Crippen LogP contribution < -0.4 is 18.9 Å². The molecule has 2 atom stereocenters. The second-order valence-corrected chi connectivity index (χ2v) is 10.7. The van der Waals surface area contributed by atoms with Gasteiger partial charge in [-0.1, -0.05) is 91.0 Å². The number of benzene rings is 5. The van der Waals surface area contributed by atoms with E-state index in [-0.39, 0.29) is 5.69 Å². The molecule has 228 valence electrons. The molecule has 45 heavy (non-hydrogen) atoms. The van der Waals surface area contributed by atoms with Crippen LogP contribution >= 0.6 is 0 Å². The highest BCUT2D eigenvalue weighted by Crippen LogP contribution is 2.47. The van der Waals surface area contributed by atoms with Gasteiger partial charge in [-0.2, -0.15) is 0 Å². The van der Waals surface area contributed by atoms with Crippen LogP contribution in [0.3, 0.4) is 0 Å². The molecule has 0 saturated carbocycles. The fourth-order valence-electron chi connectivity index (χ4n) is 5.30. The van der Waals surface area contributed by atoms with E-state index in [0.717, 1.165) is 22.3 Å². The summed E-state index contributed by atoms with van der Waals surface area (Å²) in [4.78, 5) is 11.0. The Morgan fingerprint density at radius 2 is 1.22 bits per heavy atom. The summed E-state index contributed by atoms with van der Waals surface area (Å²) in [6, 6.07) is 38.2. The Hall–Kier alpha value is -5.34. The quantitative estimate of drug-likeness (QED) is 0.104. The van der Waals surface area contributed by atoms with Crippen molar-refractivity contribution in [3.05, 3.63) is 159 Å². The third-order valence-corrected chi connectivity index (χ3v) is 7.65. The normalized spacial score (nSPS) is 15.4. The van der Waals surface area contributed by atoms with Gasteiger partial charge in [0.15, 0.2) is 11.5 Å². The van der Waals surface area contributed by atoms with Gasteiger partial charge in [-0.05, 0) is 34.9 Å². The Labute approximate surface area is 261 Å². The van der Waals surface area contributed by atoms with Crippen molar-refractivity contribution in [3.63, 3.8) is 0 Å². The van der Waals surface area contributed by atoms with E-state index in [1.165, 1.54) is 12.1 Å². The zero-order valence-corrected chi connectivity index (χ0v) is 24.8. The number of ether oxygens (including phenoxy) is 5. The van der Waals surface area contributed by atoms with E-state index in [9.17, 15) is 10.1 Å². The molecule has 6 rings (SSSR count). The van der Waals surface area contributed by atoms with Crippen LogP contribution in [0.15, 0.2) is 121 Å². The predicted molar refractivity (Wildman–Crippen MR) is 170 cm³/mol. The smallest absolute Gasteiger partial charge is 0.270 e. The number of hydrogen-bond donors (Lipinski definition) is 0. The average molecular weight is 604 g/mol. The van der Waals surface area contributed by atoms with Crippen LogP contribution in [0.4, 0.5) is 5.69 Å². The van der Waals surface area contributed by atoms with Gasteiger partial charge in [-0.15, -0.1) is 0 Å². The monoisotopic (exact) mass is 603 g/mol. The first kappa shape index (κ1) is 29.7. The van der Waals surface area contributed by atoms with Crippen molar-refractivity contribution in [2.24, 2.45) is 0 Å². The summed E-state index contributed by atoms with van der Waals surface area (Å²) in [5, 5.41) is 11.4. The van der Waals surface area contributed by atoms with Crippen molar-refractivity contribution in [1.29, 1.82) is 0 Å². The minimum absolute atomic E-state index is 0.00837. The molecule has 0 N–H and O–H groups in total. The minimum Gasteiger partial charge on any atom is -0.485 e. The molecule has 8 nitrogen and oxygen atoms in total. The molecule has 0 aliphatic carbocycles. The van der Waals surface area contributed by atoms with Crippen molar-refractivity contribution in [2.75, 3.05) is 7.11 Å². The van der Waals surface area contributed by atoms with Crippen molar-refractivity contribution in [3.8, 4) is 23.0 Å². The highest BCUT2D eigenvalue weighted by Gasteiger charge is 2.32. The predicted octanol–water partition coefficient (Wildman–Crippen LogP) is 8.54. The SMILES string of the molecule is COC1C[C@H](c2cc(OCc3ccccc3)c(OCc3ccccc3)c(OCc3ccccc3)c2)Oc2ccc([N+](=O)[O-])cc21. The van der Waals surface area contributed by atoms with E-state index in [0.29, 0.717) is 54.8 Å². The molecule has 5 aromatic carbocycles. The zero-order chi connectivity index (χ0) is 31.0. The first-order valence-electron chi connectivity index (χ1n) is 14.7. The van der Waals surface area contributed by atoms with E-state index >= 15 is 0 Å². The Bertz CT molecular complexity index is 1660. The van der Waals surface area contributed by atoms with Gasteiger partial charge >= 0.3 is 0 Å². The lowest BCUT2D eigenvalue weighted by Gasteiger charge is -2.32. The fraction of sp³-hybridized carbons (Fsp3) is 0.189. The molecule has 0 spiro atoms. The summed E-state index contributed by atoms with van der Waals surface area (Å²) in [6.07, 6.45) is -0.411. The van der Waals surface area contributed by atoms with Gasteiger partial charge in [-0.25, -0.2) is 0 Å². The topological polar surface area (TPSA) is 89.3 Å². The molecule has 0 fully saturated rings. The van der Waals surface area contributed by atoms with Gasteiger partial charge in [0, 0.05) is 36.8 Å². The largest absolute Gasteiger partial charge is 0.485 e. The fourth-order valence-corrected chi connectivity index (χ4v) is 5.30. The minimum atomic E-state index is -0.440. The van der Waals surface area contributed by atoms with E-state index in [1.807, 2.05) is 103 Å². The third-order valence-electron chi connectivity index (χ3n) is 7.65. The molecular weight excluding hydrogens is 570 g/mol. The Balaban J connectivity index is 1.38. The number of hydrogen-bond acceptors (Lipinski definition) is 7. The van der Waals surface area contributed by atoms with E-state index < -0.39 is 17.1 Å². The van der Waals surface area contributed by atoms with Gasteiger partial charge in [-0.3, -0.25) is 10.1 Å². The maximum atomic E-state index is 11.4. The number of methoxy groups -OCH3 is 1. The second-order valence-electron chi connectivity index (χ2n) is 10.7. The molecule has 8 heteroatoms. The number of non-ortho nitro benzene ring substituents is 1. The number of nitro benzene ring substituents is 1. The van der Waals surface area contributed by atoms with Crippen LogP contribution in [-0.4, -0.2) is 12.0 Å². The number of nitrogens with zero attached hydrogens (tertiary/aromatic N) is 1. The average Bonchev–Trinajstić information content (AvgIpc) is 3.09. The van der Waals surface area contributed by atoms with Crippen LogP contribution in [0.1, 0.15) is 46.4 Å². The van der Waals surface area contributed by atoms with Crippen LogP contribution in [-0.2, 0) is 24.6 Å². The van der Waals surface area contributed by atoms with Crippen molar-refractivity contribution in [2.45, 2.75) is 38.4 Å². The molecule has 1 heterocycles. The molecule has 0 radical (unpaired) electrons. The van der Waals surface area contributed by atoms with Crippen molar-refractivity contribution >= 4 is 5.69 Å². The lowest BCUT2D eigenvalue weighted by atomic mass is 9.94. The van der Waals surface area contributed by atoms with Crippen LogP contribution in [0.5, 0.6) is 23.0 Å². The molecule has 1 aliphatic rings. The first-order valence-corrected chi connectivity index (χ1v) is 14.7. The summed E-state index contributed by atoms with van der Waals surface area (Å²) in [7, 11) is 1.60. The van der Waals surface area contributed by atoms with Gasteiger partial charge in [0.2, 0.25) is 5.75 Å². The van der Waals surface area contributed by atoms with Crippen LogP contribution in [0.25, 0.3) is 0 Å². The molecule has 1 aliphatic heterocycles. The third kappa shape index (κ3) is 7.25. The van der Waals surface area contributed by atoms with Crippen molar-refractivity contribution in [1.82, 2.24) is 0 Å². The standard InChI is InChI=1S/C37H33NO7/c1-41-34-22-33(45-32-18-17-30(38(39)40)21-31(32)34)29-19-35(42-23-26-11-5-2-6-12-26)37(44-25-28-15-9-4-10-16-28)36(20-29)43-24-27-13-7-3-8-14-27/h2-21,33-34H,22-25H2,1H3/t33-,34?/m1/s1. The molecule has 5 aromatic rings. The molecule has 0 aromatic heterocycles. The summed E-state index contributed by atoms with van der Waals surface area (Å²) < 4.78 is 31.5. The lowest BCUT2D eigenvalue weighted by Crippen LogP contribution is -2.20. The number of nitro groups is 1. The van der Waals surface area contributed by atoms with Crippen molar-refractivity contribution < 1.29 is 28.6 Å². The Morgan fingerprint density at radius 3 is 1.71 bits per heavy atom. The zero-order valence-electron chi connectivity index (χ0n) is 24.8. The number of fused-ring (bicyclic) bond motifs is 1. The van der Waals surface area contributed by atoms with Crippen LogP contribution in [0, 0.1) is 10.1 Å². The highest BCUT2D eigenvalue weighted by atomic mass is 16.6. The highest BCUT2D eigenvalue weighted by molar-refractivity contribution is 5.55. The summed E-state index contributed by atoms with van der Waals surface area (Å²) >= 11 is 0. The Kier molecular flexibility index (Phi) is 9.22. The summed E-state index contributed by atoms with van der Waals surface area (Å²) in [5.74, 6) is 2.06. The van der Waals surface area contributed by atoms with Gasteiger partial charge < -0.3 is 23.7 Å².